The third-order valence-corrected chi connectivity index (χ3v) is 4.13. The SMILES string of the molecule is COc1cc2ncnc(Nc3ccc(CNS(=O)[O-])cc3)c2cc1OC. The highest BCUT2D eigenvalue weighted by Gasteiger charge is 2.11. The molecule has 0 saturated heterocycles. The number of methoxy groups -OCH3 is 2. The maximum Gasteiger partial charge on any atom is 0.162 e. The Morgan fingerprint density at radius 1 is 1.08 bits per heavy atom. The van der Waals surface area contributed by atoms with Crippen molar-refractivity contribution in [2.75, 3.05) is 19.5 Å². The number of hydrogen-bond acceptors (Lipinski definition) is 7. The van der Waals surface area contributed by atoms with Gasteiger partial charge in [0.2, 0.25) is 0 Å². The third-order valence-electron chi connectivity index (χ3n) is 3.75. The fraction of sp³-hybridized carbons (Fsp3) is 0.176. The van der Waals surface area contributed by atoms with Gasteiger partial charge in [0, 0.05) is 35.0 Å². The van der Waals surface area contributed by atoms with Crippen molar-refractivity contribution in [3.8, 4) is 11.5 Å². The van der Waals surface area contributed by atoms with E-state index in [9.17, 15) is 8.76 Å². The number of hydrogen-bond donors (Lipinski definition) is 2. The van der Waals surface area contributed by atoms with E-state index in [1.807, 2.05) is 30.3 Å². The fourth-order valence-electron chi connectivity index (χ4n) is 2.47. The van der Waals surface area contributed by atoms with Crippen molar-refractivity contribution in [1.82, 2.24) is 14.7 Å². The number of aromatic nitrogens is 2. The first-order valence-electron chi connectivity index (χ1n) is 7.66. The minimum Gasteiger partial charge on any atom is -0.760 e. The Bertz CT molecular complexity index is 934. The second-order valence-corrected chi connectivity index (χ2v) is 6.08. The molecule has 0 saturated carbocycles. The van der Waals surface area contributed by atoms with Crippen LogP contribution in [0.15, 0.2) is 42.7 Å². The number of ether oxygens (including phenoxy) is 2. The van der Waals surface area contributed by atoms with Crippen LogP contribution in [0.5, 0.6) is 11.5 Å². The van der Waals surface area contributed by atoms with E-state index in [0.29, 0.717) is 17.3 Å². The molecule has 0 bridgehead atoms. The zero-order valence-electron chi connectivity index (χ0n) is 14.2. The van der Waals surface area contributed by atoms with Crippen LogP contribution in [0.25, 0.3) is 10.9 Å². The monoisotopic (exact) mass is 373 g/mol. The lowest BCUT2D eigenvalue weighted by molar-refractivity contribution is 0.356. The summed E-state index contributed by atoms with van der Waals surface area (Å²) in [6.45, 7) is 0.240. The van der Waals surface area contributed by atoms with E-state index in [1.54, 1.807) is 20.3 Å². The van der Waals surface area contributed by atoms with Crippen LogP contribution in [0.4, 0.5) is 11.5 Å². The van der Waals surface area contributed by atoms with Crippen molar-refractivity contribution in [2.24, 2.45) is 0 Å². The van der Waals surface area contributed by atoms with Crippen molar-refractivity contribution in [2.45, 2.75) is 6.54 Å². The number of fused-ring (bicyclic) bond motifs is 1. The maximum absolute atomic E-state index is 10.5. The zero-order valence-corrected chi connectivity index (χ0v) is 15.0. The minimum absolute atomic E-state index is 0.240. The summed E-state index contributed by atoms with van der Waals surface area (Å²) >= 11 is -2.28. The lowest BCUT2D eigenvalue weighted by Gasteiger charge is -2.12. The van der Waals surface area contributed by atoms with Crippen LogP contribution in [0.1, 0.15) is 5.56 Å². The van der Waals surface area contributed by atoms with Gasteiger partial charge in [0.25, 0.3) is 0 Å². The first-order chi connectivity index (χ1) is 12.6. The average Bonchev–Trinajstić information content (AvgIpc) is 2.66. The van der Waals surface area contributed by atoms with Crippen molar-refractivity contribution >= 4 is 33.7 Å². The Morgan fingerprint density at radius 3 is 2.42 bits per heavy atom. The number of anilines is 2. The van der Waals surface area contributed by atoms with Crippen LogP contribution >= 0.6 is 0 Å². The van der Waals surface area contributed by atoms with Crippen LogP contribution in [-0.4, -0.2) is 32.9 Å². The van der Waals surface area contributed by atoms with Gasteiger partial charge in [-0.2, -0.15) is 0 Å². The van der Waals surface area contributed by atoms with E-state index in [2.05, 4.69) is 20.0 Å². The molecule has 0 amide bonds. The number of nitrogens with one attached hydrogen (secondary N) is 2. The van der Waals surface area contributed by atoms with Crippen LogP contribution in [0.2, 0.25) is 0 Å². The fourth-order valence-corrected chi connectivity index (χ4v) is 2.75. The number of rotatable bonds is 7. The molecule has 1 aromatic heterocycles. The predicted octanol–water partition coefficient (Wildman–Crippen LogP) is 2.27. The molecular formula is C17H17N4O4S-. The second-order valence-electron chi connectivity index (χ2n) is 5.32. The standard InChI is InChI=1S/C17H18N4O4S/c1-24-15-7-13-14(8-16(15)25-2)18-10-19-17(13)21-12-5-3-11(4-6-12)9-20-26(22)23/h3-8,10,20H,9H2,1-2H3,(H,22,23)(H,18,19,21)/p-1. The highest BCUT2D eigenvalue weighted by Crippen LogP contribution is 2.34. The molecule has 0 aliphatic rings. The van der Waals surface area contributed by atoms with Gasteiger partial charge < -0.3 is 19.3 Å². The van der Waals surface area contributed by atoms with Crippen LogP contribution in [-0.2, 0) is 17.8 Å². The molecule has 0 radical (unpaired) electrons. The molecule has 0 aliphatic carbocycles. The highest BCUT2D eigenvalue weighted by molar-refractivity contribution is 7.77. The normalized spacial score (nSPS) is 12.0. The molecule has 2 N–H and O–H groups in total. The van der Waals surface area contributed by atoms with Crippen molar-refractivity contribution in [3.63, 3.8) is 0 Å². The van der Waals surface area contributed by atoms with E-state index < -0.39 is 11.3 Å². The third kappa shape index (κ3) is 4.07. The first kappa shape index (κ1) is 18.1. The zero-order chi connectivity index (χ0) is 18.5. The van der Waals surface area contributed by atoms with Gasteiger partial charge in [0.15, 0.2) is 11.5 Å². The Kier molecular flexibility index (Phi) is 5.61. The summed E-state index contributed by atoms with van der Waals surface area (Å²) in [6.07, 6.45) is 1.47. The van der Waals surface area contributed by atoms with Crippen LogP contribution in [0, 0.1) is 0 Å². The molecule has 2 aromatic carbocycles. The van der Waals surface area contributed by atoms with Gasteiger partial charge in [-0.25, -0.2) is 14.7 Å². The van der Waals surface area contributed by atoms with E-state index in [-0.39, 0.29) is 6.54 Å². The minimum atomic E-state index is -2.28. The second kappa shape index (κ2) is 8.09. The molecule has 1 heterocycles. The van der Waals surface area contributed by atoms with Gasteiger partial charge in [0.05, 0.1) is 19.7 Å². The molecule has 0 aliphatic heterocycles. The molecule has 136 valence electrons. The lowest BCUT2D eigenvalue weighted by atomic mass is 10.2. The molecule has 8 nitrogen and oxygen atoms in total. The summed E-state index contributed by atoms with van der Waals surface area (Å²) in [5, 5.41) is 4.03. The molecule has 9 heteroatoms. The smallest absolute Gasteiger partial charge is 0.162 e. The van der Waals surface area contributed by atoms with E-state index in [1.165, 1.54) is 6.33 Å². The van der Waals surface area contributed by atoms with Gasteiger partial charge in [-0.05, 0) is 23.8 Å². The summed E-state index contributed by atoms with van der Waals surface area (Å²) in [4.78, 5) is 8.57. The van der Waals surface area contributed by atoms with Crippen molar-refractivity contribution in [1.29, 1.82) is 0 Å². The molecule has 0 fully saturated rings. The predicted molar refractivity (Wildman–Crippen MR) is 98.1 cm³/mol. The topological polar surface area (TPSA) is 108 Å². The Labute approximate surface area is 153 Å². The first-order valence-corrected chi connectivity index (χ1v) is 8.73. The van der Waals surface area contributed by atoms with Crippen molar-refractivity contribution in [3.05, 3.63) is 48.3 Å². The number of nitrogens with zero attached hydrogens (tertiary/aromatic N) is 2. The van der Waals surface area contributed by atoms with Gasteiger partial charge in [-0.3, -0.25) is 4.21 Å². The van der Waals surface area contributed by atoms with E-state index >= 15 is 0 Å². The Morgan fingerprint density at radius 2 is 1.77 bits per heavy atom. The summed E-state index contributed by atoms with van der Waals surface area (Å²) in [5.74, 6) is 1.81. The van der Waals surface area contributed by atoms with Crippen LogP contribution in [0.3, 0.4) is 0 Å². The van der Waals surface area contributed by atoms with Crippen molar-refractivity contribution < 1.29 is 18.2 Å². The molecular weight excluding hydrogens is 356 g/mol. The lowest BCUT2D eigenvalue weighted by Crippen LogP contribution is -2.15. The quantitative estimate of drug-likeness (QED) is 0.612. The average molecular weight is 373 g/mol. The molecule has 3 aromatic rings. The van der Waals surface area contributed by atoms with Gasteiger partial charge in [-0.15, -0.1) is 0 Å². The van der Waals surface area contributed by atoms with Gasteiger partial charge >= 0.3 is 0 Å². The maximum atomic E-state index is 10.5. The molecule has 3 rings (SSSR count). The summed E-state index contributed by atoms with van der Waals surface area (Å²) in [5.41, 5.74) is 2.38. The summed E-state index contributed by atoms with van der Waals surface area (Å²) in [6, 6.07) is 11.0. The highest BCUT2D eigenvalue weighted by atomic mass is 32.2. The van der Waals surface area contributed by atoms with Crippen LogP contribution < -0.4 is 19.5 Å². The largest absolute Gasteiger partial charge is 0.760 e. The summed E-state index contributed by atoms with van der Waals surface area (Å²) < 4.78 is 34.1. The van der Waals surface area contributed by atoms with Gasteiger partial charge in [-0.1, -0.05) is 12.1 Å². The Hall–Kier alpha value is -2.75. The Balaban J connectivity index is 1.87. The number of benzene rings is 2. The molecule has 0 spiro atoms. The summed E-state index contributed by atoms with van der Waals surface area (Å²) in [7, 11) is 3.14. The molecule has 1 atom stereocenters. The van der Waals surface area contributed by atoms with E-state index in [0.717, 1.165) is 22.2 Å². The molecule has 1 unspecified atom stereocenters. The molecule has 26 heavy (non-hydrogen) atoms. The van der Waals surface area contributed by atoms with Gasteiger partial charge in [0.1, 0.15) is 12.1 Å². The van der Waals surface area contributed by atoms with E-state index in [4.69, 9.17) is 9.47 Å².